The molecule has 43 heavy (non-hydrogen) atoms. The molecule has 0 spiro atoms. The summed E-state index contributed by atoms with van der Waals surface area (Å²) in [5.74, 6) is 2.11. The fourth-order valence-corrected chi connectivity index (χ4v) is 14.2. The van der Waals surface area contributed by atoms with Crippen molar-refractivity contribution < 1.29 is 19.1 Å². The Morgan fingerprint density at radius 1 is 0.651 bits per heavy atom. The molecule has 0 saturated heterocycles. The van der Waals surface area contributed by atoms with Crippen molar-refractivity contribution in [1.29, 1.82) is 0 Å². The number of hydrogen-bond acceptors (Lipinski definition) is 6. The summed E-state index contributed by atoms with van der Waals surface area (Å²) >= 11 is 4.98. The van der Waals surface area contributed by atoms with E-state index in [4.69, 9.17) is 22.1 Å². The predicted octanol–water partition coefficient (Wildman–Crippen LogP) is 11.0. The van der Waals surface area contributed by atoms with E-state index in [2.05, 4.69) is 41.5 Å². The van der Waals surface area contributed by atoms with Gasteiger partial charge in [0.1, 0.15) is 0 Å². The van der Waals surface area contributed by atoms with Crippen LogP contribution in [-0.4, -0.2) is 58.1 Å². The molecular weight excluding hydrogens is 679 g/mol. The summed E-state index contributed by atoms with van der Waals surface area (Å²) < 4.78 is 10.7. The zero-order valence-corrected chi connectivity index (χ0v) is 33.8. The molecule has 0 N–H and O–H groups in total. The first kappa shape index (κ1) is 43.4. The second kappa shape index (κ2) is 29.8. The van der Waals surface area contributed by atoms with E-state index in [1.54, 1.807) is 0 Å². The molecule has 0 heterocycles. The van der Waals surface area contributed by atoms with Crippen molar-refractivity contribution in [2.24, 2.45) is 11.8 Å². The van der Waals surface area contributed by atoms with Crippen molar-refractivity contribution >= 4 is 57.5 Å². The molecule has 0 aliphatic heterocycles. The van der Waals surface area contributed by atoms with Gasteiger partial charge in [-0.15, -0.1) is 0 Å². The molecule has 0 saturated carbocycles. The molecule has 0 aliphatic rings. The molecule has 0 rings (SSSR count). The molecule has 0 aromatic carbocycles. The monoisotopic (exact) mass is 750 g/mol. The number of ether oxygens (including phenoxy) is 2. The van der Waals surface area contributed by atoms with Crippen LogP contribution in [0, 0.1) is 11.8 Å². The van der Waals surface area contributed by atoms with E-state index in [0.29, 0.717) is 25.0 Å². The zero-order valence-electron chi connectivity index (χ0n) is 29.2. The van der Waals surface area contributed by atoms with Crippen LogP contribution in [0.1, 0.15) is 176 Å². The maximum absolute atomic E-state index is 13.9. The summed E-state index contributed by atoms with van der Waals surface area (Å²) in [6.45, 7) is 14.5. The van der Waals surface area contributed by atoms with E-state index < -0.39 is 27.2 Å². The molecule has 0 aliphatic carbocycles. The molecule has 0 bridgehead atoms. The van der Waals surface area contributed by atoms with Crippen LogP contribution in [0.3, 0.4) is 0 Å². The fraction of sp³-hybridized carbons (Fsp3) is 0.944. The van der Waals surface area contributed by atoms with Crippen molar-refractivity contribution in [3.8, 4) is 0 Å². The number of carbonyl (C=O) groups is 2. The van der Waals surface area contributed by atoms with Gasteiger partial charge in [0.25, 0.3) is 0 Å². The van der Waals surface area contributed by atoms with Gasteiger partial charge in [-0.1, -0.05) is 0 Å². The quantitative estimate of drug-likeness (QED) is 0.0331. The van der Waals surface area contributed by atoms with Crippen molar-refractivity contribution in [3.05, 3.63) is 0 Å². The minimum atomic E-state index is -1.65. The predicted molar refractivity (Wildman–Crippen MR) is 194 cm³/mol. The van der Waals surface area contributed by atoms with E-state index in [1.165, 1.54) is 83.5 Å². The Balaban J connectivity index is 5.37. The third-order valence-electron chi connectivity index (χ3n) is 7.98. The first-order valence-electron chi connectivity index (χ1n) is 18.1. The van der Waals surface area contributed by atoms with Crippen LogP contribution in [0.4, 0.5) is 0 Å². The standard InChI is InChI=1S/C26H51O2S.C10H19O2S.Sn/c1-5-7-9-11-13-17-21-25(29-23-19-14-12-10-8-6-2)26(27)28-22-18-15-16-20-24(3)4;1-9(2)6-4-3-5-7-12-10(11)8-13;/h24H,5-23H2,1-4H3;8-9,13H,3-7H2,1-2H3;. The minimum absolute atomic E-state index is 0.0620. The van der Waals surface area contributed by atoms with Gasteiger partial charge in [0, 0.05) is 0 Å². The van der Waals surface area contributed by atoms with Gasteiger partial charge in [0.15, 0.2) is 0 Å². The van der Waals surface area contributed by atoms with E-state index in [0.717, 1.165) is 57.1 Å². The Morgan fingerprint density at radius 3 is 1.65 bits per heavy atom. The van der Waals surface area contributed by atoms with Crippen LogP contribution >= 0.6 is 24.4 Å². The van der Waals surface area contributed by atoms with Gasteiger partial charge in [-0.3, -0.25) is 0 Å². The van der Waals surface area contributed by atoms with Crippen molar-refractivity contribution in [2.45, 2.75) is 182 Å². The zero-order chi connectivity index (χ0) is 32.2. The third-order valence-corrected chi connectivity index (χ3v) is 16.5. The molecular formula is C36H70O4S2Sn. The molecule has 0 aromatic heterocycles. The number of rotatable bonds is 31. The van der Waals surface area contributed by atoms with Crippen molar-refractivity contribution in [2.75, 3.05) is 19.0 Å². The Hall–Kier alpha value is 0.439. The Kier molecular flexibility index (Phi) is 30.1. The van der Waals surface area contributed by atoms with Gasteiger partial charge in [0.05, 0.1) is 0 Å². The molecule has 2 unspecified atom stereocenters. The molecule has 2 atom stereocenters. The maximum atomic E-state index is 13.9. The van der Waals surface area contributed by atoms with Gasteiger partial charge in [-0.2, -0.15) is 0 Å². The van der Waals surface area contributed by atoms with Gasteiger partial charge in [0.2, 0.25) is 0 Å². The summed E-state index contributed by atoms with van der Waals surface area (Å²) in [6, 6.07) is 0. The van der Waals surface area contributed by atoms with Crippen LogP contribution in [0.15, 0.2) is 0 Å². The summed E-state index contributed by atoms with van der Waals surface area (Å²) in [5.41, 5.74) is 0. The van der Waals surface area contributed by atoms with Crippen LogP contribution in [-0.2, 0) is 19.1 Å². The average Bonchev–Trinajstić information content (AvgIpc) is 2.97. The summed E-state index contributed by atoms with van der Waals surface area (Å²) in [5, 5.41) is 0. The van der Waals surface area contributed by atoms with Crippen molar-refractivity contribution in [1.82, 2.24) is 0 Å². The first-order chi connectivity index (χ1) is 20.7. The number of unbranched alkanes of at least 4 members (excludes halogenated alkanes) is 14. The normalized spacial score (nSPS) is 13.8. The van der Waals surface area contributed by atoms with Crippen molar-refractivity contribution in [3.63, 3.8) is 0 Å². The molecule has 0 amide bonds. The number of esters is 2. The molecule has 7 heteroatoms. The van der Waals surface area contributed by atoms with Crippen LogP contribution in [0.2, 0.25) is 0 Å². The van der Waals surface area contributed by atoms with E-state index in [9.17, 15) is 9.59 Å². The van der Waals surface area contributed by atoms with Gasteiger partial charge < -0.3 is 0 Å². The van der Waals surface area contributed by atoms with Gasteiger partial charge in [-0.05, 0) is 0 Å². The van der Waals surface area contributed by atoms with Crippen LogP contribution in [0.5, 0.6) is 0 Å². The second-order valence-corrected chi connectivity index (χ2v) is 22.5. The number of hydrogen-bond donors (Lipinski definition) is 1. The second-order valence-electron chi connectivity index (χ2n) is 13.3. The van der Waals surface area contributed by atoms with E-state index >= 15 is 0 Å². The fourth-order valence-electron chi connectivity index (χ4n) is 5.16. The van der Waals surface area contributed by atoms with Gasteiger partial charge >= 0.3 is 290 Å². The molecule has 0 fully saturated rings. The number of carbonyl (C=O) groups excluding carboxylic acids is 2. The number of thioether (sulfide) groups is 1. The van der Waals surface area contributed by atoms with Crippen LogP contribution < -0.4 is 0 Å². The molecule has 254 valence electrons. The molecule has 2 radical (unpaired) electrons. The number of thiol groups is 1. The van der Waals surface area contributed by atoms with Crippen LogP contribution in [0.25, 0.3) is 0 Å². The van der Waals surface area contributed by atoms with E-state index in [1.807, 2.05) is 11.8 Å². The van der Waals surface area contributed by atoms with E-state index in [-0.39, 0.29) is 11.9 Å². The Labute approximate surface area is 288 Å². The average molecular weight is 750 g/mol. The molecule has 0 aromatic rings. The SMILES string of the molecule is CCCCCCCCS[C](CCCCCCCC)([Sn][CH](S)C(=O)OCCCCCC(C)C)C(=O)OCCCCCC(C)C. The summed E-state index contributed by atoms with van der Waals surface area (Å²) in [7, 11) is 0. The Morgan fingerprint density at radius 2 is 1.12 bits per heavy atom. The summed E-state index contributed by atoms with van der Waals surface area (Å²) in [6.07, 6.45) is 24.2. The topological polar surface area (TPSA) is 52.6 Å². The van der Waals surface area contributed by atoms with Gasteiger partial charge in [-0.25, -0.2) is 0 Å². The molecule has 4 nitrogen and oxygen atoms in total. The summed E-state index contributed by atoms with van der Waals surface area (Å²) in [4.78, 5) is 27.0. The Bertz CT molecular complexity index is 661. The third kappa shape index (κ3) is 25.2. The first-order valence-corrected chi connectivity index (χ1v) is 22.7.